The summed E-state index contributed by atoms with van der Waals surface area (Å²) in [6.45, 7) is 2.00. The summed E-state index contributed by atoms with van der Waals surface area (Å²) < 4.78 is 14.8. The van der Waals surface area contributed by atoms with Crippen LogP contribution in [-0.4, -0.2) is 21.7 Å². The SMILES string of the molecule is CCc1c(C(=O)NC2CCCCCC2)cnn1-c1ccc(F)cc1. The number of nitrogens with one attached hydrogen (secondary N) is 1. The second-order valence-corrected chi connectivity index (χ2v) is 6.41. The van der Waals surface area contributed by atoms with Crippen molar-refractivity contribution in [2.24, 2.45) is 0 Å². The van der Waals surface area contributed by atoms with Gasteiger partial charge in [0.15, 0.2) is 0 Å². The Morgan fingerprint density at radius 2 is 1.88 bits per heavy atom. The van der Waals surface area contributed by atoms with Crippen LogP contribution in [-0.2, 0) is 6.42 Å². The van der Waals surface area contributed by atoms with Crippen LogP contribution in [0.5, 0.6) is 0 Å². The maximum Gasteiger partial charge on any atom is 0.254 e. The molecule has 3 rings (SSSR count). The molecule has 5 heteroatoms. The first-order valence-electron chi connectivity index (χ1n) is 8.82. The fourth-order valence-electron chi connectivity index (χ4n) is 3.40. The summed E-state index contributed by atoms with van der Waals surface area (Å²) in [5.74, 6) is -0.331. The van der Waals surface area contributed by atoms with E-state index >= 15 is 0 Å². The van der Waals surface area contributed by atoms with Gasteiger partial charge in [0.25, 0.3) is 5.91 Å². The molecule has 1 heterocycles. The first kappa shape index (κ1) is 16.7. The van der Waals surface area contributed by atoms with Crippen LogP contribution in [0.1, 0.15) is 61.5 Å². The van der Waals surface area contributed by atoms with Crippen molar-refractivity contribution in [1.29, 1.82) is 0 Å². The zero-order valence-corrected chi connectivity index (χ0v) is 14.1. The molecular formula is C19H24FN3O. The van der Waals surface area contributed by atoms with E-state index in [1.54, 1.807) is 23.0 Å². The van der Waals surface area contributed by atoms with Crippen LogP contribution in [0.3, 0.4) is 0 Å². The Bertz CT molecular complexity index is 685. The minimum absolute atomic E-state index is 0.0490. The van der Waals surface area contributed by atoms with Gasteiger partial charge in [-0.05, 0) is 43.5 Å². The standard InChI is InChI=1S/C19H24FN3O/c1-2-18-17(19(24)22-15-7-5-3-4-6-8-15)13-21-23(18)16-11-9-14(20)10-12-16/h9-13,15H,2-8H2,1H3,(H,22,24). The van der Waals surface area contributed by atoms with Gasteiger partial charge in [0, 0.05) is 6.04 Å². The normalized spacial score (nSPS) is 15.9. The smallest absolute Gasteiger partial charge is 0.254 e. The van der Waals surface area contributed by atoms with Crippen LogP contribution < -0.4 is 5.32 Å². The highest BCUT2D eigenvalue weighted by Gasteiger charge is 2.20. The Morgan fingerprint density at radius 3 is 2.50 bits per heavy atom. The molecule has 0 saturated heterocycles. The van der Waals surface area contributed by atoms with Crippen LogP contribution in [0.2, 0.25) is 0 Å². The van der Waals surface area contributed by atoms with Gasteiger partial charge in [-0.3, -0.25) is 4.79 Å². The lowest BCUT2D eigenvalue weighted by molar-refractivity contribution is 0.0932. The van der Waals surface area contributed by atoms with Gasteiger partial charge in [-0.1, -0.05) is 32.6 Å². The quantitative estimate of drug-likeness (QED) is 0.861. The van der Waals surface area contributed by atoms with Crippen molar-refractivity contribution in [3.63, 3.8) is 0 Å². The van der Waals surface area contributed by atoms with Crippen molar-refractivity contribution < 1.29 is 9.18 Å². The molecule has 0 aliphatic heterocycles. The van der Waals surface area contributed by atoms with E-state index in [2.05, 4.69) is 10.4 Å². The summed E-state index contributed by atoms with van der Waals surface area (Å²) in [7, 11) is 0. The molecule has 128 valence electrons. The fourth-order valence-corrected chi connectivity index (χ4v) is 3.40. The molecule has 1 aliphatic carbocycles. The lowest BCUT2D eigenvalue weighted by atomic mass is 10.1. The minimum Gasteiger partial charge on any atom is -0.349 e. The number of carbonyl (C=O) groups excluding carboxylic acids is 1. The molecule has 0 atom stereocenters. The molecule has 4 nitrogen and oxygen atoms in total. The first-order valence-corrected chi connectivity index (χ1v) is 8.82. The molecule has 2 aromatic rings. The van der Waals surface area contributed by atoms with E-state index in [0.29, 0.717) is 12.0 Å². The van der Waals surface area contributed by atoms with Gasteiger partial charge in [0.1, 0.15) is 5.82 Å². The van der Waals surface area contributed by atoms with E-state index in [-0.39, 0.29) is 17.8 Å². The molecule has 1 amide bonds. The summed E-state index contributed by atoms with van der Waals surface area (Å²) in [6.07, 6.45) is 9.29. The van der Waals surface area contributed by atoms with Gasteiger partial charge >= 0.3 is 0 Å². The predicted octanol–water partition coefficient (Wildman–Crippen LogP) is 4.03. The van der Waals surface area contributed by atoms with Gasteiger partial charge in [0.05, 0.1) is 23.1 Å². The number of amides is 1. The molecule has 0 bridgehead atoms. The molecule has 1 fully saturated rings. The van der Waals surface area contributed by atoms with Crippen molar-refractivity contribution in [1.82, 2.24) is 15.1 Å². The molecule has 1 aromatic carbocycles. The van der Waals surface area contributed by atoms with E-state index < -0.39 is 0 Å². The molecule has 1 saturated carbocycles. The predicted molar refractivity (Wildman–Crippen MR) is 91.9 cm³/mol. The van der Waals surface area contributed by atoms with Crippen molar-refractivity contribution >= 4 is 5.91 Å². The number of hydrogen-bond donors (Lipinski definition) is 1. The van der Waals surface area contributed by atoms with Crippen LogP contribution in [0.15, 0.2) is 30.5 Å². The van der Waals surface area contributed by atoms with Gasteiger partial charge in [-0.25, -0.2) is 9.07 Å². The molecule has 1 N–H and O–H groups in total. The Labute approximate surface area is 142 Å². The topological polar surface area (TPSA) is 46.9 Å². The van der Waals surface area contributed by atoms with Gasteiger partial charge in [-0.2, -0.15) is 5.10 Å². The lowest BCUT2D eigenvalue weighted by Crippen LogP contribution is -2.34. The maximum absolute atomic E-state index is 13.1. The van der Waals surface area contributed by atoms with Crippen molar-refractivity contribution in [3.05, 3.63) is 47.5 Å². The van der Waals surface area contributed by atoms with Gasteiger partial charge in [0.2, 0.25) is 0 Å². The lowest BCUT2D eigenvalue weighted by Gasteiger charge is -2.16. The molecule has 0 spiro atoms. The largest absolute Gasteiger partial charge is 0.349 e. The highest BCUT2D eigenvalue weighted by Crippen LogP contribution is 2.20. The van der Waals surface area contributed by atoms with E-state index in [9.17, 15) is 9.18 Å². The average Bonchev–Trinajstić information content (AvgIpc) is 2.86. The molecule has 0 radical (unpaired) electrons. The average molecular weight is 329 g/mol. The summed E-state index contributed by atoms with van der Waals surface area (Å²) in [5, 5.41) is 7.52. The highest BCUT2D eigenvalue weighted by atomic mass is 19.1. The zero-order valence-electron chi connectivity index (χ0n) is 14.1. The number of rotatable bonds is 4. The van der Waals surface area contributed by atoms with Crippen LogP contribution in [0, 0.1) is 5.82 Å². The van der Waals surface area contributed by atoms with Crippen molar-refractivity contribution in [2.45, 2.75) is 57.9 Å². The summed E-state index contributed by atoms with van der Waals surface area (Å²) in [6, 6.07) is 6.42. The second kappa shape index (κ2) is 7.60. The van der Waals surface area contributed by atoms with Gasteiger partial charge in [-0.15, -0.1) is 0 Å². The summed E-state index contributed by atoms with van der Waals surface area (Å²) in [4.78, 5) is 12.7. The summed E-state index contributed by atoms with van der Waals surface area (Å²) >= 11 is 0. The van der Waals surface area contributed by atoms with Crippen LogP contribution in [0.4, 0.5) is 4.39 Å². The number of aromatic nitrogens is 2. The first-order chi connectivity index (χ1) is 11.7. The van der Waals surface area contributed by atoms with E-state index in [0.717, 1.165) is 24.2 Å². The number of halogens is 1. The fraction of sp³-hybridized carbons (Fsp3) is 0.474. The molecular weight excluding hydrogens is 305 g/mol. The van der Waals surface area contributed by atoms with E-state index in [4.69, 9.17) is 0 Å². The van der Waals surface area contributed by atoms with Crippen molar-refractivity contribution in [2.75, 3.05) is 0 Å². The molecule has 24 heavy (non-hydrogen) atoms. The van der Waals surface area contributed by atoms with Gasteiger partial charge < -0.3 is 5.32 Å². The third-order valence-corrected chi connectivity index (χ3v) is 4.71. The van der Waals surface area contributed by atoms with Crippen LogP contribution in [0.25, 0.3) is 5.69 Å². The molecule has 1 aromatic heterocycles. The third-order valence-electron chi connectivity index (χ3n) is 4.71. The minimum atomic E-state index is -0.282. The Hall–Kier alpha value is -2.17. The van der Waals surface area contributed by atoms with E-state index in [1.165, 1.54) is 37.8 Å². The number of benzene rings is 1. The van der Waals surface area contributed by atoms with Crippen molar-refractivity contribution in [3.8, 4) is 5.69 Å². The Kier molecular flexibility index (Phi) is 5.28. The number of carbonyl (C=O) groups is 1. The zero-order chi connectivity index (χ0) is 16.9. The molecule has 1 aliphatic rings. The third kappa shape index (κ3) is 3.66. The number of nitrogens with zero attached hydrogens (tertiary/aromatic N) is 2. The summed E-state index contributed by atoms with van der Waals surface area (Å²) in [5.41, 5.74) is 2.24. The second-order valence-electron chi connectivity index (χ2n) is 6.41. The monoisotopic (exact) mass is 329 g/mol. The number of hydrogen-bond acceptors (Lipinski definition) is 2. The van der Waals surface area contributed by atoms with E-state index in [1.807, 2.05) is 6.92 Å². The van der Waals surface area contributed by atoms with Crippen LogP contribution >= 0.6 is 0 Å². The highest BCUT2D eigenvalue weighted by molar-refractivity contribution is 5.95. The maximum atomic E-state index is 13.1. The molecule has 0 unspecified atom stereocenters. The Balaban J connectivity index is 1.80. The Morgan fingerprint density at radius 1 is 1.21 bits per heavy atom.